The summed E-state index contributed by atoms with van der Waals surface area (Å²) in [5.74, 6) is -2.25. The molecule has 5 aromatic carbocycles. The van der Waals surface area contributed by atoms with Gasteiger partial charge in [0.15, 0.2) is 35.8 Å². The summed E-state index contributed by atoms with van der Waals surface area (Å²) in [6, 6.07) is 47.4. The molecule has 2 aromatic heterocycles. The molecule has 0 bridgehead atoms. The van der Waals surface area contributed by atoms with Gasteiger partial charge in [-0.15, -0.1) is 0 Å². The summed E-state index contributed by atoms with van der Waals surface area (Å²) in [6.45, 7) is 3.42. The molecule has 2 aliphatic heterocycles. The van der Waals surface area contributed by atoms with Gasteiger partial charge < -0.3 is 42.6 Å². The fourth-order valence-corrected chi connectivity index (χ4v) is 9.39. The lowest BCUT2D eigenvalue weighted by atomic mass is 9.96. The molecule has 9 atom stereocenters. The van der Waals surface area contributed by atoms with E-state index in [1.54, 1.807) is 0 Å². The van der Waals surface area contributed by atoms with E-state index in [0.29, 0.717) is 0 Å². The molecule has 0 aliphatic carbocycles. The normalized spacial score (nSPS) is 22.4. The van der Waals surface area contributed by atoms with E-state index < -0.39 is 90.9 Å². The number of esters is 3. The first-order valence-corrected chi connectivity index (χ1v) is 24.6. The van der Waals surface area contributed by atoms with Crippen LogP contribution in [0.2, 0.25) is 0 Å². The SMILES string of the molecule is CC(=O)OC[C@H]1O[C@@H](n2c(=O)n([C@H]3O[C@H](COCc4ccccc4)[C@@H](OCc4ccccc4)[C@H](OCc4ccccc4)[C@@H]3OCc3ccccc3)c3c(=O)n(Cc4ccccc4)cnc32)[C@H](OC(C)=O)[C@@H]1OC(C)=O. The molecular weight excluding hydrogens is 965 g/mol. The molecule has 18 nitrogen and oxygen atoms in total. The molecule has 4 heterocycles. The van der Waals surface area contributed by atoms with Crippen molar-refractivity contribution in [1.82, 2.24) is 18.7 Å². The number of benzene rings is 5. The van der Waals surface area contributed by atoms with Crippen LogP contribution in [0.3, 0.4) is 0 Å². The van der Waals surface area contributed by atoms with Gasteiger partial charge >= 0.3 is 23.6 Å². The Balaban J connectivity index is 1.25. The third-order valence-corrected chi connectivity index (χ3v) is 12.8. The minimum Gasteiger partial charge on any atom is -0.463 e. The summed E-state index contributed by atoms with van der Waals surface area (Å²) in [5, 5.41) is 0. The fourth-order valence-electron chi connectivity index (χ4n) is 9.39. The fraction of sp³-hybridized carbons (Fsp3) is 0.333. The predicted molar refractivity (Wildman–Crippen MR) is 271 cm³/mol. The van der Waals surface area contributed by atoms with Crippen LogP contribution < -0.4 is 11.2 Å². The lowest BCUT2D eigenvalue weighted by Gasteiger charge is -2.46. The zero-order chi connectivity index (χ0) is 52.3. The molecule has 0 amide bonds. The average molecular weight is 1020 g/mol. The van der Waals surface area contributed by atoms with Gasteiger partial charge in [-0.1, -0.05) is 152 Å². The number of aromatic nitrogens is 4. The number of rotatable bonds is 21. The maximum atomic E-state index is 16.0. The molecule has 18 heteroatoms. The van der Waals surface area contributed by atoms with Gasteiger partial charge in [-0.3, -0.25) is 28.3 Å². The van der Waals surface area contributed by atoms with E-state index in [-0.39, 0.29) is 50.7 Å². The maximum absolute atomic E-state index is 16.0. The Morgan fingerprint density at radius 2 is 0.933 bits per heavy atom. The Morgan fingerprint density at radius 1 is 0.493 bits per heavy atom. The summed E-state index contributed by atoms with van der Waals surface area (Å²) in [5.41, 5.74) is 2.17. The molecule has 75 heavy (non-hydrogen) atoms. The van der Waals surface area contributed by atoms with Crippen LogP contribution in [0.4, 0.5) is 0 Å². The maximum Gasteiger partial charge on any atom is 0.335 e. The van der Waals surface area contributed by atoms with Crippen molar-refractivity contribution >= 4 is 29.1 Å². The van der Waals surface area contributed by atoms with Crippen LogP contribution in [0, 0.1) is 0 Å². The molecular formula is C57H58N4O14. The minimum atomic E-state index is -1.61. The number of hydrogen-bond acceptors (Lipinski definition) is 15. The largest absolute Gasteiger partial charge is 0.463 e. The van der Waals surface area contributed by atoms with Crippen molar-refractivity contribution in [2.75, 3.05) is 13.2 Å². The van der Waals surface area contributed by atoms with Gasteiger partial charge in [0.25, 0.3) is 5.56 Å². The van der Waals surface area contributed by atoms with Crippen LogP contribution in [0.5, 0.6) is 0 Å². The van der Waals surface area contributed by atoms with Crippen molar-refractivity contribution in [3.05, 3.63) is 207 Å². The Hall–Kier alpha value is -7.58. The molecule has 0 saturated carbocycles. The van der Waals surface area contributed by atoms with Crippen molar-refractivity contribution in [3.63, 3.8) is 0 Å². The lowest BCUT2D eigenvalue weighted by Crippen LogP contribution is -2.60. The highest BCUT2D eigenvalue weighted by Gasteiger charge is 2.54. The number of nitrogens with zero attached hydrogens (tertiary/aromatic N) is 4. The first-order valence-electron chi connectivity index (χ1n) is 24.6. The summed E-state index contributed by atoms with van der Waals surface area (Å²) < 4.78 is 61.4. The minimum absolute atomic E-state index is 0.00315. The Morgan fingerprint density at radius 3 is 1.44 bits per heavy atom. The molecule has 390 valence electrons. The summed E-state index contributed by atoms with van der Waals surface area (Å²) >= 11 is 0. The predicted octanol–water partition coefficient (Wildman–Crippen LogP) is 6.60. The Bertz CT molecular complexity index is 3120. The summed E-state index contributed by atoms with van der Waals surface area (Å²) in [6.07, 6.45) is -10.1. The molecule has 0 spiro atoms. The first kappa shape index (κ1) is 52.3. The summed E-state index contributed by atoms with van der Waals surface area (Å²) in [4.78, 5) is 74.0. The number of carbonyl (C=O) groups is 3. The lowest BCUT2D eigenvalue weighted by molar-refractivity contribution is -0.290. The number of hydrogen-bond donors (Lipinski definition) is 0. The third kappa shape index (κ3) is 12.7. The van der Waals surface area contributed by atoms with E-state index in [2.05, 4.69) is 0 Å². The second-order valence-corrected chi connectivity index (χ2v) is 18.2. The first-order chi connectivity index (χ1) is 36.5. The molecule has 2 aliphatic rings. The molecule has 0 radical (unpaired) electrons. The molecule has 0 unspecified atom stereocenters. The van der Waals surface area contributed by atoms with Crippen molar-refractivity contribution in [3.8, 4) is 0 Å². The average Bonchev–Trinajstić information content (AvgIpc) is 3.90. The zero-order valence-electron chi connectivity index (χ0n) is 41.7. The van der Waals surface area contributed by atoms with Gasteiger partial charge in [0.1, 0.15) is 43.5 Å². The molecule has 7 aromatic rings. The van der Waals surface area contributed by atoms with Gasteiger partial charge in [-0.2, -0.15) is 0 Å². The van der Waals surface area contributed by atoms with Crippen LogP contribution in [-0.4, -0.2) is 92.5 Å². The standard InChI is InChI=1S/C57H58N4O14/c1-37(62)68-35-46-49(72-38(2)63)52(73-39(3)64)56(75-46)61-53-47(54(65)59(36-58-53)29-40-19-9-4-10-20-40)60(57(61)66)55-51(71-33-44-27-17-8-18-28-44)50(70-32-43-25-15-7-16-26-43)48(69-31-42-23-13-6-14-24-42)45(74-55)34-67-30-41-21-11-5-12-22-41/h4-28,36,45-46,48-52,55-56H,29-35H2,1-3H3/t45-,46-,48-,49-,50+,51+,52-,55+,56-/m1/s1. The summed E-state index contributed by atoms with van der Waals surface area (Å²) in [7, 11) is 0. The number of ether oxygens (including phenoxy) is 9. The van der Waals surface area contributed by atoms with Crippen molar-refractivity contribution in [2.45, 2.75) is 109 Å². The quantitative estimate of drug-likeness (QED) is 0.0551. The molecule has 9 rings (SSSR count). The third-order valence-electron chi connectivity index (χ3n) is 12.8. The van der Waals surface area contributed by atoms with Gasteiger partial charge in [-0.05, 0) is 27.8 Å². The topological polar surface area (TPSA) is 196 Å². The number of imidazole rings is 1. The van der Waals surface area contributed by atoms with Gasteiger partial charge in [-0.25, -0.2) is 14.3 Å². The van der Waals surface area contributed by atoms with E-state index in [0.717, 1.165) is 46.2 Å². The van der Waals surface area contributed by atoms with Crippen LogP contribution in [0.15, 0.2) is 168 Å². The number of carbonyl (C=O) groups excluding carboxylic acids is 3. The van der Waals surface area contributed by atoms with Gasteiger partial charge in [0.2, 0.25) is 0 Å². The van der Waals surface area contributed by atoms with Gasteiger partial charge in [0, 0.05) is 20.8 Å². The second kappa shape index (κ2) is 24.6. The van der Waals surface area contributed by atoms with E-state index >= 15 is 9.59 Å². The van der Waals surface area contributed by atoms with E-state index in [4.69, 9.17) is 47.6 Å². The van der Waals surface area contributed by atoms with Crippen LogP contribution in [0.25, 0.3) is 11.2 Å². The Kier molecular flexibility index (Phi) is 17.2. The smallest absolute Gasteiger partial charge is 0.335 e. The highest BCUT2D eigenvalue weighted by Crippen LogP contribution is 2.39. The van der Waals surface area contributed by atoms with E-state index in [1.165, 1.54) is 22.4 Å². The zero-order valence-corrected chi connectivity index (χ0v) is 41.7. The second-order valence-electron chi connectivity index (χ2n) is 18.2. The van der Waals surface area contributed by atoms with Crippen LogP contribution in [0.1, 0.15) is 61.0 Å². The van der Waals surface area contributed by atoms with E-state index in [1.807, 2.05) is 152 Å². The van der Waals surface area contributed by atoms with E-state index in [9.17, 15) is 14.4 Å². The van der Waals surface area contributed by atoms with Crippen LogP contribution >= 0.6 is 0 Å². The van der Waals surface area contributed by atoms with Gasteiger partial charge in [0.05, 0.1) is 39.6 Å². The van der Waals surface area contributed by atoms with Crippen molar-refractivity contribution < 1.29 is 57.0 Å². The number of fused-ring (bicyclic) bond motifs is 1. The Labute approximate surface area is 432 Å². The molecule has 2 saturated heterocycles. The highest BCUT2D eigenvalue weighted by molar-refractivity contribution is 5.71. The molecule has 0 N–H and O–H groups in total. The molecule has 2 fully saturated rings. The van der Waals surface area contributed by atoms with Crippen LogP contribution in [-0.2, 0) is 90.0 Å². The van der Waals surface area contributed by atoms with Crippen molar-refractivity contribution in [1.29, 1.82) is 0 Å². The highest BCUT2D eigenvalue weighted by atomic mass is 16.7. The van der Waals surface area contributed by atoms with Crippen molar-refractivity contribution in [2.24, 2.45) is 0 Å². The monoisotopic (exact) mass is 1020 g/mol.